The van der Waals surface area contributed by atoms with E-state index in [1.165, 1.54) is 18.2 Å². The molecule has 0 saturated carbocycles. The van der Waals surface area contributed by atoms with Crippen molar-refractivity contribution in [3.63, 3.8) is 0 Å². The van der Waals surface area contributed by atoms with E-state index in [1.807, 2.05) is 11.8 Å². The van der Waals surface area contributed by atoms with E-state index in [1.54, 1.807) is 11.8 Å². The lowest BCUT2D eigenvalue weighted by molar-refractivity contribution is 0.455. The third kappa shape index (κ3) is 3.24. The fourth-order valence-electron chi connectivity index (χ4n) is 2.40. The molecule has 0 spiro atoms. The Morgan fingerprint density at radius 1 is 1.32 bits per heavy atom. The summed E-state index contributed by atoms with van der Waals surface area (Å²) >= 11 is 3.60. The molecule has 3 atom stereocenters. The lowest BCUT2D eigenvalue weighted by Gasteiger charge is -2.36. The predicted molar refractivity (Wildman–Crippen MR) is 79.2 cm³/mol. The van der Waals surface area contributed by atoms with Gasteiger partial charge in [0.05, 0.1) is 6.04 Å². The quantitative estimate of drug-likeness (QED) is 0.662. The molecule has 1 heterocycles. The van der Waals surface area contributed by atoms with E-state index >= 15 is 0 Å². The van der Waals surface area contributed by atoms with Crippen LogP contribution in [0.2, 0.25) is 0 Å². The Morgan fingerprint density at radius 3 is 2.53 bits per heavy atom. The smallest absolute Gasteiger partial charge is 0.131 e. The Morgan fingerprint density at radius 2 is 1.95 bits per heavy atom. The largest absolute Gasteiger partial charge is 0.271 e. The summed E-state index contributed by atoms with van der Waals surface area (Å²) in [5.74, 6) is 6.58. The minimum Gasteiger partial charge on any atom is -0.271 e. The highest BCUT2D eigenvalue weighted by Gasteiger charge is 2.35. The van der Waals surface area contributed by atoms with Crippen LogP contribution >= 0.6 is 23.5 Å². The highest BCUT2D eigenvalue weighted by atomic mass is 32.2. The Hall–Kier alpha value is -0.300. The summed E-state index contributed by atoms with van der Waals surface area (Å²) in [7, 11) is 0. The van der Waals surface area contributed by atoms with E-state index in [-0.39, 0.29) is 10.8 Å². The van der Waals surface area contributed by atoms with Gasteiger partial charge in [0.1, 0.15) is 11.6 Å². The second kappa shape index (κ2) is 6.92. The van der Waals surface area contributed by atoms with Crippen molar-refractivity contribution in [1.29, 1.82) is 0 Å². The van der Waals surface area contributed by atoms with E-state index in [0.29, 0.717) is 5.25 Å². The highest BCUT2D eigenvalue weighted by Crippen LogP contribution is 2.41. The first-order valence-electron chi connectivity index (χ1n) is 6.32. The summed E-state index contributed by atoms with van der Waals surface area (Å²) < 4.78 is 27.8. The van der Waals surface area contributed by atoms with Gasteiger partial charge in [0.2, 0.25) is 0 Å². The monoisotopic (exact) mass is 304 g/mol. The van der Waals surface area contributed by atoms with Crippen molar-refractivity contribution in [2.24, 2.45) is 5.84 Å². The molecule has 2 nitrogen and oxygen atoms in total. The van der Waals surface area contributed by atoms with Gasteiger partial charge < -0.3 is 0 Å². The molecule has 1 saturated heterocycles. The van der Waals surface area contributed by atoms with Crippen LogP contribution in [0.15, 0.2) is 18.2 Å². The van der Waals surface area contributed by atoms with Crippen LogP contribution in [0, 0.1) is 11.6 Å². The second-order valence-electron chi connectivity index (χ2n) is 4.43. The summed E-state index contributed by atoms with van der Waals surface area (Å²) in [6.45, 7) is 2.10. The Balaban J connectivity index is 2.33. The third-order valence-electron chi connectivity index (χ3n) is 3.31. The van der Waals surface area contributed by atoms with Crippen molar-refractivity contribution in [2.45, 2.75) is 29.9 Å². The van der Waals surface area contributed by atoms with Gasteiger partial charge in [-0.2, -0.15) is 23.5 Å². The van der Waals surface area contributed by atoms with Crippen molar-refractivity contribution in [2.75, 3.05) is 11.5 Å². The van der Waals surface area contributed by atoms with Crippen LogP contribution in [0.1, 0.15) is 24.9 Å². The molecule has 1 aromatic rings. The molecule has 1 aliphatic heterocycles. The lowest BCUT2D eigenvalue weighted by atomic mass is 9.99. The van der Waals surface area contributed by atoms with E-state index in [9.17, 15) is 8.78 Å². The molecule has 0 amide bonds. The molecule has 3 unspecified atom stereocenters. The molecule has 1 aliphatic rings. The molecular weight excluding hydrogens is 286 g/mol. The number of hydrazine groups is 1. The van der Waals surface area contributed by atoms with Gasteiger partial charge in [-0.25, -0.2) is 8.78 Å². The van der Waals surface area contributed by atoms with E-state index < -0.39 is 17.7 Å². The number of hydrogen-bond acceptors (Lipinski definition) is 4. The minimum atomic E-state index is -0.533. The molecule has 1 fully saturated rings. The van der Waals surface area contributed by atoms with Crippen LogP contribution in [-0.4, -0.2) is 22.0 Å². The lowest BCUT2D eigenvalue weighted by Crippen LogP contribution is -2.42. The van der Waals surface area contributed by atoms with Gasteiger partial charge in [-0.3, -0.25) is 11.3 Å². The molecule has 2 rings (SSSR count). The Bertz CT molecular complexity index is 411. The maximum atomic E-state index is 13.9. The Kier molecular flexibility index (Phi) is 5.50. The van der Waals surface area contributed by atoms with Crippen molar-refractivity contribution in [3.8, 4) is 0 Å². The summed E-state index contributed by atoms with van der Waals surface area (Å²) in [5.41, 5.74) is 2.68. The van der Waals surface area contributed by atoms with Crippen LogP contribution in [0.5, 0.6) is 0 Å². The van der Waals surface area contributed by atoms with Crippen molar-refractivity contribution in [1.82, 2.24) is 5.43 Å². The van der Waals surface area contributed by atoms with Crippen LogP contribution < -0.4 is 11.3 Å². The standard InChI is InChI=1S/C13H18F2N2S2/c1-2-10-13(19-7-6-18-10)12(17-16)11-8(14)4-3-5-9(11)15/h3-5,10,12-13,17H,2,6-7,16H2,1H3. The number of nitrogens with one attached hydrogen (secondary N) is 1. The van der Waals surface area contributed by atoms with Gasteiger partial charge in [-0.15, -0.1) is 0 Å². The zero-order valence-electron chi connectivity index (χ0n) is 10.7. The SMILES string of the molecule is CCC1SCCSC1C(NN)c1c(F)cccc1F. The fourth-order valence-corrected chi connectivity index (χ4v) is 5.61. The van der Waals surface area contributed by atoms with Crippen LogP contribution in [-0.2, 0) is 0 Å². The number of nitrogens with two attached hydrogens (primary N) is 1. The van der Waals surface area contributed by atoms with Crippen molar-refractivity contribution in [3.05, 3.63) is 35.4 Å². The van der Waals surface area contributed by atoms with E-state index in [0.717, 1.165) is 17.9 Å². The topological polar surface area (TPSA) is 38.0 Å². The molecule has 1 aromatic carbocycles. The summed E-state index contributed by atoms with van der Waals surface area (Å²) in [4.78, 5) is 0. The predicted octanol–water partition coefficient (Wildman–Crippen LogP) is 3.10. The molecule has 6 heteroatoms. The summed E-state index contributed by atoms with van der Waals surface area (Å²) in [6.07, 6.45) is 0.969. The minimum absolute atomic E-state index is 0.0588. The van der Waals surface area contributed by atoms with Gasteiger partial charge in [0, 0.05) is 27.6 Å². The number of benzene rings is 1. The molecular formula is C13H18F2N2S2. The average molecular weight is 304 g/mol. The van der Waals surface area contributed by atoms with Gasteiger partial charge in [-0.1, -0.05) is 13.0 Å². The third-order valence-corrected chi connectivity index (χ3v) is 6.66. The molecule has 0 bridgehead atoms. The first-order chi connectivity index (χ1) is 9.19. The van der Waals surface area contributed by atoms with Gasteiger partial charge >= 0.3 is 0 Å². The normalized spacial score (nSPS) is 25.3. The number of rotatable bonds is 4. The Labute approximate surface area is 120 Å². The first kappa shape index (κ1) is 15.1. The van der Waals surface area contributed by atoms with Gasteiger partial charge in [0.15, 0.2) is 0 Å². The number of hydrogen-bond donors (Lipinski definition) is 2. The highest BCUT2D eigenvalue weighted by molar-refractivity contribution is 8.07. The average Bonchev–Trinajstić information content (AvgIpc) is 2.43. The van der Waals surface area contributed by atoms with Gasteiger partial charge in [0.25, 0.3) is 0 Å². The molecule has 0 radical (unpaired) electrons. The van der Waals surface area contributed by atoms with Gasteiger partial charge in [-0.05, 0) is 18.6 Å². The molecule has 19 heavy (non-hydrogen) atoms. The van der Waals surface area contributed by atoms with E-state index in [2.05, 4.69) is 12.3 Å². The number of thioether (sulfide) groups is 2. The van der Waals surface area contributed by atoms with Crippen LogP contribution in [0.4, 0.5) is 8.78 Å². The van der Waals surface area contributed by atoms with Crippen molar-refractivity contribution < 1.29 is 8.78 Å². The zero-order chi connectivity index (χ0) is 13.8. The van der Waals surface area contributed by atoms with Crippen molar-refractivity contribution >= 4 is 23.5 Å². The maximum Gasteiger partial charge on any atom is 0.131 e. The molecule has 106 valence electrons. The first-order valence-corrected chi connectivity index (χ1v) is 8.42. The number of halogens is 2. The molecule has 0 aromatic heterocycles. The maximum absolute atomic E-state index is 13.9. The zero-order valence-corrected chi connectivity index (χ0v) is 12.4. The summed E-state index contributed by atoms with van der Waals surface area (Å²) in [5, 5.41) is 0.443. The van der Waals surface area contributed by atoms with E-state index in [4.69, 9.17) is 5.84 Å². The summed E-state index contributed by atoms with van der Waals surface area (Å²) in [6, 6.07) is 3.44. The molecule has 3 N–H and O–H groups in total. The van der Waals surface area contributed by atoms with Crippen LogP contribution in [0.3, 0.4) is 0 Å². The second-order valence-corrected chi connectivity index (χ2v) is 7.07. The fraction of sp³-hybridized carbons (Fsp3) is 0.538. The van der Waals surface area contributed by atoms with Crippen LogP contribution in [0.25, 0.3) is 0 Å². The molecule has 0 aliphatic carbocycles.